The standard InChI is InChI=1S/C17H28N2O/c1-5-17(6-2,13-18)19-15(20)12-16(3,4)14-10-8-7-9-11-14/h7-11H,5-6,12-13,18H2,1-4H3,(H,19,20). The van der Waals surface area contributed by atoms with Gasteiger partial charge in [-0.15, -0.1) is 0 Å². The molecule has 0 atom stereocenters. The van der Waals surface area contributed by atoms with Crippen LogP contribution in [0.4, 0.5) is 0 Å². The zero-order valence-electron chi connectivity index (χ0n) is 13.2. The molecule has 1 aromatic rings. The maximum absolute atomic E-state index is 12.4. The molecular weight excluding hydrogens is 248 g/mol. The second-order valence-electron chi connectivity index (χ2n) is 6.17. The molecule has 0 aromatic heterocycles. The highest BCUT2D eigenvalue weighted by Gasteiger charge is 2.30. The van der Waals surface area contributed by atoms with E-state index in [4.69, 9.17) is 5.73 Å². The van der Waals surface area contributed by atoms with Crippen LogP contribution in [0.2, 0.25) is 0 Å². The van der Waals surface area contributed by atoms with E-state index in [1.807, 2.05) is 18.2 Å². The SMILES string of the molecule is CCC(CC)(CN)NC(=O)CC(C)(C)c1ccccc1. The second kappa shape index (κ2) is 6.89. The number of rotatable bonds is 7. The van der Waals surface area contributed by atoms with Crippen molar-refractivity contribution in [2.45, 2.75) is 57.9 Å². The van der Waals surface area contributed by atoms with Crippen molar-refractivity contribution in [3.63, 3.8) is 0 Å². The maximum Gasteiger partial charge on any atom is 0.221 e. The van der Waals surface area contributed by atoms with Gasteiger partial charge in [-0.3, -0.25) is 4.79 Å². The summed E-state index contributed by atoms with van der Waals surface area (Å²) in [7, 11) is 0. The Kier molecular flexibility index (Phi) is 5.75. The van der Waals surface area contributed by atoms with Gasteiger partial charge < -0.3 is 11.1 Å². The van der Waals surface area contributed by atoms with E-state index in [0.717, 1.165) is 12.8 Å². The zero-order valence-corrected chi connectivity index (χ0v) is 13.2. The molecule has 0 heterocycles. The molecule has 1 amide bonds. The van der Waals surface area contributed by atoms with Gasteiger partial charge in [0.05, 0.1) is 5.54 Å². The summed E-state index contributed by atoms with van der Waals surface area (Å²) in [6.45, 7) is 8.82. The van der Waals surface area contributed by atoms with Crippen LogP contribution in [0.15, 0.2) is 30.3 Å². The lowest BCUT2D eigenvalue weighted by molar-refractivity contribution is -0.124. The van der Waals surface area contributed by atoms with Gasteiger partial charge in [0, 0.05) is 13.0 Å². The summed E-state index contributed by atoms with van der Waals surface area (Å²) in [6.07, 6.45) is 2.19. The first-order valence-electron chi connectivity index (χ1n) is 7.46. The molecule has 1 rings (SSSR count). The highest BCUT2D eigenvalue weighted by molar-refractivity contribution is 5.78. The number of hydrogen-bond donors (Lipinski definition) is 2. The number of carbonyl (C=O) groups is 1. The lowest BCUT2D eigenvalue weighted by Gasteiger charge is -2.33. The van der Waals surface area contributed by atoms with Crippen molar-refractivity contribution in [3.05, 3.63) is 35.9 Å². The summed E-state index contributed by atoms with van der Waals surface area (Å²) in [5.74, 6) is 0.0769. The first-order valence-corrected chi connectivity index (χ1v) is 7.46. The van der Waals surface area contributed by atoms with Crippen LogP contribution in [0.1, 0.15) is 52.5 Å². The minimum atomic E-state index is -0.260. The molecule has 3 N–H and O–H groups in total. The Hall–Kier alpha value is -1.35. The van der Waals surface area contributed by atoms with Crippen molar-refractivity contribution in [2.75, 3.05) is 6.54 Å². The van der Waals surface area contributed by atoms with Gasteiger partial charge in [0.25, 0.3) is 0 Å². The second-order valence-corrected chi connectivity index (χ2v) is 6.17. The maximum atomic E-state index is 12.4. The minimum absolute atomic E-state index is 0.0769. The molecule has 1 aromatic carbocycles. The van der Waals surface area contributed by atoms with Crippen LogP contribution in [0.5, 0.6) is 0 Å². The van der Waals surface area contributed by atoms with E-state index in [1.54, 1.807) is 0 Å². The molecule has 0 aliphatic heterocycles. The van der Waals surface area contributed by atoms with Crippen LogP contribution >= 0.6 is 0 Å². The van der Waals surface area contributed by atoms with Gasteiger partial charge >= 0.3 is 0 Å². The number of nitrogens with two attached hydrogens (primary N) is 1. The van der Waals surface area contributed by atoms with Crippen LogP contribution in [0, 0.1) is 0 Å². The van der Waals surface area contributed by atoms with Crippen LogP contribution in [-0.4, -0.2) is 18.0 Å². The molecule has 0 bridgehead atoms. The Morgan fingerprint density at radius 2 is 1.70 bits per heavy atom. The molecule has 0 aliphatic rings. The highest BCUT2D eigenvalue weighted by Crippen LogP contribution is 2.27. The lowest BCUT2D eigenvalue weighted by Crippen LogP contribution is -2.53. The molecule has 112 valence electrons. The minimum Gasteiger partial charge on any atom is -0.349 e. The Balaban J connectivity index is 2.75. The van der Waals surface area contributed by atoms with Gasteiger partial charge in [-0.25, -0.2) is 0 Å². The summed E-state index contributed by atoms with van der Waals surface area (Å²) >= 11 is 0. The summed E-state index contributed by atoms with van der Waals surface area (Å²) in [5, 5.41) is 3.14. The predicted octanol–water partition coefficient (Wildman–Crippen LogP) is 2.99. The Bertz CT molecular complexity index is 414. The van der Waals surface area contributed by atoms with Gasteiger partial charge in [0.1, 0.15) is 0 Å². The molecule has 0 aliphatic carbocycles. The Labute approximate surface area is 122 Å². The number of amides is 1. The average molecular weight is 276 g/mol. The van der Waals surface area contributed by atoms with Gasteiger partial charge in [-0.05, 0) is 23.8 Å². The summed E-state index contributed by atoms with van der Waals surface area (Å²) in [5.41, 5.74) is 6.59. The molecular formula is C17H28N2O. The topological polar surface area (TPSA) is 55.1 Å². The van der Waals surface area contributed by atoms with Crippen molar-refractivity contribution < 1.29 is 4.79 Å². The van der Waals surface area contributed by atoms with E-state index in [-0.39, 0.29) is 16.9 Å². The third-order valence-electron chi connectivity index (χ3n) is 4.31. The summed E-state index contributed by atoms with van der Waals surface area (Å²) < 4.78 is 0. The van der Waals surface area contributed by atoms with Crippen molar-refractivity contribution in [3.8, 4) is 0 Å². The normalized spacial score (nSPS) is 12.2. The van der Waals surface area contributed by atoms with Crippen molar-refractivity contribution in [1.29, 1.82) is 0 Å². The van der Waals surface area contributed by atoms with Crippen LogP contribution in [-0.2, 0) is 10.2 Å². The average Bonchev–Trinajstić information content (AvgIpc) is 2.45. The monoisotopic (exact) mass is 276 g/mol. The van der Waals surface area contributed by atoms with Gasteiger partial charge in [0.15, 0.2) is 0 Å². The number of benzene rings is 1. The highest BCUT2D eigenvalue weighted by atomic mass is 16.1. The van der Waals surface area contributed by atoms with Crippen LogP contribution in [0.3, 0.4) is 0 Å². The summed E-state index contributed by atoms with van der Waals surface area (Å²) in [4.78, 5) is 12.4. The van der Waals surface area contributed by atoms with E-state index in [0.29, 0.717) is 13.0 Å². The first kappa shape index (κ1) is 16.7. The van der Waals surface area contributed by atoms with Gasteiger partial charge in [0.2, 0.25) is 5.91 Å². The molecule has 0 spiro atoms. The zero-order chi connectivity index (χ0) is 15.2. The third kappa shape index (κ3) is 4.07. The number of carbonyl (C=O) groups excluding carboxylic acids is 1. The fraction of sp³-hybridized carbons (Fsp3) is 0.588. The largest absolute Gasteiger partial charge is 0.349 e. The molecule has 0 saturated carbocycles. The Morgan fingerprint density at radius 1 is 1.15 bits per heavy atom. The number of hydrogen-bond acceptors (Lipinski definition) is 2. The third-order valence-corrected chi connectivity index (χ3v) is 4.31. The van der Waals surface area contributed by atoms with Crippen LogP contribution < -0.4 is 11.1 Å². The Morgan fingerprint density at radius 3 is 2.15 bits per heavy atom. The lowest BCUT2D eigenvalue weighted by atomic mass is 9.81. The molecule has 0 radical (unpaired) electrons. The van der Waals surface area contributed by atoms with Gasteiger partial charge in [-0.2, -0.15) is 0 Å². The predicted molar refractivity (Wildman–Crippen MR) is 84.6 cm³/mol. The van der Waals surface area contributed by atoms with Crippen molar-refractivity contribution in [1.82, 2.24) is 5.32 Å². The fourth-order valence-corrected chi connectivity index (χ4v) is 2.50. The van der Waals surface area contributed by atoms with E-state index in [1.165, 1.54) is 5.56 Å². The van der Waals surface area contributed by atoms with Gasteiger partial charge in [-0.1, -0.05) is 58.0 Å². The van der Waals surface area contributed by atoms with E-state index < -0.39 is 0 Å². The summed E-state index contributed by atoms with van der Waals surface area (Å²) in [6, 6.07) is 10.2. The molecule has 3 nitrogen and oxygen atoms in total. The molecule has 3 heteroatoms. The molecule has 0 saturated heterocycles. The van der Waals surface area contributed by atoms with Crippen molar-refractivity contribution in [2.24, 2.45) is 5.73 Å². The quantitative estimate of drug-likeness (QED) is 0.804. The van der Waals surface area contributed by atoms with E-state index >= 15 is 0 Å². The number of nitrogens with one attached hydrogen (secondary N) is 1. The van der Waals surface area contributed by atoms with Crippen molar-refractivity contribution >= 4 is 5.91 Å². The smallest absolute Gasteiger partial charge is 0.221 e. The van der Waals surface area contributed by atoms with E-state index in [2.05, 4.69) is 45.1 Å². The fourth-order valence-electron chi connectivity index (χ4n) is 2.50. The van der Waals surface area contributed by atoms with E-state index in [9.17, 15) is 4.79 Å². The molecule has 0 fully saturated rings. The van der Waals surface area contributed by atoms with Crippen LogP contribution in [0.25, 0.3) is 0 Å². The molecule has 0 unspecified atom stereocenters. The first-order chi connectivity index (χ1) is 9.39. The molecule has 20 heavy (non-hydrogen) atoms.